The topological polar surface area (TPSA) is 55.8 Å². The molecular weight excluding hydrogens is 196 g/mol. The second-order valence-corrected chi connectivity index (χ2v) is 2.98. The lowest BCUT2D eigenvalue weighted by Crippen LogP contribution is -2.12. The zero-order chi connectivity index (χ0) is 11.1. The SMILES string of the molecule is COC(=O)OC(CCO)c1ccccc1. The summed E-state index contributed by atoms with van der Waals surface area (Å²) in [5.74, 6) is 0. The first-order valence-corrected chi connectivity index (χ1v) is 4.68. The monoisotopic (exact) mass is 210 g/mol. The highest BCUT2D eigenvalue weighted by Gasteiger charge is 2.15. The molecule has 0 aromatic heterocycles. The van der Waals surface area contributed by atoms with E-state index in [1.807, 2.05) is 30.3 Å². The number of methoxy groups -OCH3 is 1. The highest BCUT2D eigenvalue weighted by Crippen LogP contribution is 2.20. The van der Waals surface area contributed by atoms with Crippen LogP contribution >= 0.6 is 0 Å². The van der Waals surface area contributed by atoms with E-state index in [4.69, 9.17) is 9.84 Å². The fraction of sp³-hybridized carbons (Fsp3) is 0.364. The third-order valence-corrected chi connectivity index (χ3v) is 1.97. The van der Waals surface area contributed by atoms with Gasteiger partial charge in [-0.3, -0.25) is 0 Å². The molecule has 1 aromatic carbocycles. The highest BCUT2D eigenvalue weighted by molar-refractivity contribution is 5.60. The maximum absolute atomic E-state index is 10.9. The molecule has 0 saturated carbocycles. The molecule has 0 saturated heterocycles. The Balaban J connectivity index is 2.70. The van der Waals surface area contributed by atoms with Gasteiger partial charge in [0.2, 0.25) is 0 Å². The predicted molar refractivity (Wildman–Crippen MR) is 54.4 cm³/mol. The molecular formula is C11H14O4. The van der Waals surface area contributed by atoms with Gasteiger partial charge in [-0.15, -0.1) is 0 Å². The van der Waals surface area contributed by atoms with Crippen LogP contribution in [0.15, 0.2) is 30.3 Å². The van der Waals surface area contributed by atoms with Crippen LogP contribution in [0.4, 0.5) is 4.79 Å². The lowest BCUT2D eigenvalue weighted by Gasteiger charge is -2.15. The Bertz CT molecular complexity index is 297. The van der Waals surface area contributed by atoms with Gasteiger partial charge in [0, 0.05) is 13.0 Å². The minimum atomic E-state index is -0.739. The van der Waals surface area contributed by atoms with Crippen molar-refractivity contribution in [3.63, 3.8) is 0 Å². The van der Waals surface area contributed by atoms with E-state index in [0.29, 0.717) is 6.42 Å². The summed E-state index contributed by atoms with van der Waals surface area (Å²) < 4.78 is 9.41. The van der Waals surface area contributed by atoms with Crippen molar-refractivity contribution in [1.82, 2.24) is 0 Å². The predicted octanol–water partition coefficient (Wildman–Crippen LogP) is 1.89. The van der Waals surface area contributed by atoms with Crippen LogP contribution in [0, 0.1) is 0 Å². The van der Waals surface area contributed by atoms with Crippen LogP contribution in [0.5, 0.6) is 0 Å². The summed E-state index contributed by atoms with van der Waals surface area (Å²) in [5, 5.41) is 8.85. The number of benzene rings is 1. The van der Waals surface area contributed by atoms with Gasteiger partial charge in [0.25, 0.3) is 0 Å². The smallest absolute Gasteiger partial charge is 0.438 e. The second-order valence-electron chi connectivity index (χ2n) is 2.98. The lowest BCUT2D eigenvalue weighted by molar-refractivity contribution is 0.0268. The van der Waals surface area contributed by atoms with Crippen molar-refractivity contribution in [2.75, 3.05) is 13.7 Å². The number of ether oxygens (including phenoxy) is 2. The minimum Gasteiger partial charge on any atom is -0.438 e. The molecule has 0 spiro atoms. The molecule has 0 fully saturated rings. The Morgan fingerprint density at radius 2 is 2.07 bits per heavy atom. The lowest BCUT2D eigenvalue weighted by atomic mass is 10.1. The zero-order valence-corrected chi connectivity index (χ0v) is 8.55. The average molecular weight is 210 g/mol. The summed E-state index contributed by atoms with van der Waals surface area (Å²) >= 11 is 0. The quantitative estimate of drug-likeness (QED) is 0.771. The third-order valence-electron chi connectivity index (χ3n) is 1.97. The standard InChI is InChI=1S/C11H14O4/c1-14-11(13)15-10(7-8-12)9-5-3-2-4-6-9/h2-6,10,12H,7-8H2,1H3. The summed E-state index contributed by atoms with van der Waals surface area (Å²) in [7, 11) is 1.25. The first kappa shape index (κ1) is 11.5. The van der Waals surface area contributed by atoms with Crippen LogP contribution in [0.3, 0.4) is 0 Å². The number of hydrogen-bond acceptors (Lipinski definition) is 4. The zero-order valence-electron chi connectivity index (χ0n) is 8.55. The molecule has 1 aromatic rings. The first-order chi connectivity index (χ1) is 7.27. The molecule has 0 aliphatic heterocycles. The molecule has 0 aliphatic carbocycles. The van der Waals surface area contributed by atoms with Gasteiger partial charge in [0.05, 0.1) is 7.11 Å². The van der Waals surface area contributed by atoms with Crippen molar-refractivity contribution < 1.29 is 19.4 Å². The molecule has 0 aliphatic rings. The Kier molecular flexibility index (Phi) is 4.63. The van der Waals surface area contributed by atoms with E-state index in [2.05, 4.69) is 4.74 Å². The molecule has 0 heterocycles. The largest absolute Gasteiger partial charge is 0.508 e. The molecule has 4 nitrogen and oxygen atoms in total. The van der Waals surface area contributed by atoms with Crippen LogP contribution in [0.1, 0.15) is 18.1 Å². The van der Waals surface area contributed by atoms with Crippen LogP contribution in [0.2, 0.25) is 0 Å². The van der Waals surface area contributed by atoms with Crippen LogP contribution in [-0.2, 0) is 9.47 Å². The maximum atomic E-state index is 10.9. The average Bonchev–Trinajstić information content (AvgIpc) is 2.29. The van der Waals surface area contributed by atoms with Gasteiger partial charge in [0.1, 0.15) is 6.10 Å². The normalized spacial score (nSPS) is 11.9. The van der Waals surface area contributed by atoms with E-state index in [1.54, 1.807) is 0 Å². The minimum absolute atomic E-state index is 0.0451. The van der Waals surface area contributed by atoms with Crippen LogP contribution in [-0.4, -0.2) is 25.0 Å². The van der Waals surface area contributed by atoms with Gasteiger partial charge >= 0.3 is 6.16 Å². The summed E-state index contributed by atoms with van der Waals surface area (Å²) in [6.07, 6.45) is -0.833. The number of carbonyl (C=O) groups is 1. The molecule has 4 heteroatoms. The van der Waals surface area contributed by atoms with Crippen molar-refractivity contribution in [3.05, 3.63) is 35.9 Å². The Labute approximate surface area is 88.4 Å². The number of aliphatic hydroxyl groups is 1. The van der Waals surface area contributed by atoms with Crippen LogP contribution < -0.4 is 0 Å². The second kappa shape index (κ2) is 6.03. The summed E-state index contributed by atoms with van der Waals surface area (Å²) in [6, 6.07) is 9.24. The van der Waals surface area contributed by atoms with Crippen molar-refractivity contribution in [2.24, 2.45) is 0 Å². The summed E-state index contributed by atoms with van der Waals surface area (Å²) in [6.45, 7) is -0.0451. The third kappa shape index (κ3) is 3.59. The Morgan fingerprint density at radius 3 is 2.60 bits per heavy atom. The van der Waals surface area contributed by atoms with Crippen molar-refractivity contribution in [2.45, 2.75) is 12.5 Å². The fourth-order valence-corrected chi connectivity index (χ4v) is 1.24. The summed E-state index contributed by atoms with van der Waals surface area (Å²) in [5.41, 5.74) is 0.844. The van der Waals surface area contributed by atoms with Gasteiger partial charge in [-0.25, -0.2) is 4.79 Å². The maximum Gasteiger partial charge on any atom is 0.508 e. The number of rotatable bonds is 4. The van der Waals surface area contributed by atoms with E-state index in [9.17, 15) is 4.79 Å². The van der Waals surface area contributed by atoms with E-state index in [0.717, 1.165) is 5.56 Å². The Hall–Kier alpha value is -1.55. The molecule has 1 unspecified atom stereocenters. The van der Waals surface area contributed by atoms with E-state index in [-0.39, 0.29) is 6.61 Å². The number of hydrogen-bond donors (Lipinski definition) is 1. The van der Waals surface area contributed by atoms with Gasteiger partial charge in [-0.1, -0.05) is 30.3 Å². The molecule has 1 rings (SSSR count). The summed E-state index contributed by atoms with van der Waals surface area (Å²) in [4.78, 5) is 10.9. The Morgan fingerprint density at radius 1 is 1.40 bits per heavy atom. The molecule has 82 valence electrons. The van der Waals surface area contributed by atoms with Gasteiger partial charge < -0.3 is 14.6 Å². The van der Waals surface area contributed by atoms with E-state index < -0.39 is 12.3 Å². The highest BCUT2D eigenvalue weighted by atomic mass is 16.7. The first-order valence-electron chi connectivity index (χ1n) is 4.68. The van der Waals surface area contributed by atoms with Gasteiger partial charge in [-0.2, -0.15) is 0 Å². The van der Waals surface area contributed by atoms with E-state index in [1.165, 1.54) is 7.11 Å². The molecule has 0 amide bonds. The number of aliphatic hydroxyl groups excluding tert-OH is 1. The van der Waals surface area contributed by atoms with Gasteiger partial charge in [0.15, 0.2) is 0 Å². The van der Waals surface area contributed by atoms with Gasteiger partial charge in [-0.05, 0) is 5.56 Å². The van der Waals surface area contributed by atoms with E-state index >= 15 is 0 Å². The molecule has 1 atom stereocenters. The van der Waals surface area contributed by atoms with Crippen molar-refractivity contribution in [3.8, 4) is 0 Å². The fourth-order valence-electron chi connectivity index (χ4n) is 1.24. The van der Waals surface area contributed by atoms with Crippen LogP contribution in [0.25, 0.3) is 0 Å². The van der Waals surface area contributed by atoms with Crippen molar-refractivity contribution in [1.29, 1.82) is 0 Å². The molecule has 0 bridgehead atoms. The van der Waals surface area contributed by atoms with Crippen molar-refractivity contribution >= 4 is 6.16 Å². The number of carbonyl (C=O) groups excluding carboxylic acids is 1. The molecule has 1 N–H and O–H groups in total. The molecule has 0 radical (unpaired) electrons. The molecule has 15 heavy (non-hydrogen) atoms.